The van der Waals surface area contributed by atoms with Crippen molar-refractivity contribution in [1.29, 1.82) is 0 Å². The van der Waals surface area contributed by atoms with E-state index >= 15 is 0 Å². The van der Waals surface area contributed by atoms with Crippen molar-refractivity contribution in [3.05, 3.63) is 33.8 Å². The molecule has 1 aromatic rings. The van der Waals surface area contributed by atoms with Gasteiger partial charge in [0.05, 0.1) is 22.2 Å². The number of carbonyl (C=O) groups is 1. The fourth-order valence-electron chi connectivity index (χ4n) is 2.85. The van der Waals surface area contributed by atoms with E-state index in [4.69, 9.17) is 23.2 Å². The lowest BCUT2D eigenvalue weighted by Gasteiger charge is -2.35. The highest BCUT2D eigenvalue weighted by Gasteiger charge is 2.28. The number of carbonyl (C=O) groups excluding carboxylic acids is 1. The summed E-state index contributed by atoms with van der Waals surface area (Å²) in [5.74, 6) is 0.0621. The number of halogens is 2. The Bertz CT molecular complexity index is 507. The van der Waals surface area contributed by atoms with Crippen LogP contribution in [0.2, 0.25) is 10.0 Å². The highest BCUT2D eigenvalue weighted by molar-refractivity contribution is 6.42. The Kier molecular flexibility index (Phi) is 5.91. The van der Waals surface area contributed by atoms with Gasteiger partial charge in [-0.25, -0.2) is 0 Å². The standard InChI is InChI=1S/C16H21Cl2NO2/c1-19(14-4-2-3-5-15(14)20)16(21)9-7-11-6-8-12(17)13(18)10-11/h6,8,10,14-15,20H,2-5,7,9H2,1H3/t14-,15-/m1/s1. The van der Waals surface area contributed by atoms with E-state index in [0.717, 1.165) is 31.2 Å². The molecule has 0 radical (unpaired) electrons. The highest BCUT2D eigenvalue weighted by Crippen LogP contribution is 2.25. The third-order valence-corrected chi connectivity index (χ3v) is 4.94. The average molecular weight is 330 g/mol. The minimum absolute atomic E-state index is 0.0416. The first kappa shape index (κ1) is 16.6. The molecule has 1 aromatic carbocycles. The first-order chi connectivity index (χ1) is 9.99. The van der Waals surface area contributed by atoms with Gasteiger partial charge < -0.3 is 10.0 Å². The van der Waals surface area contributed by atoms with Crippen LogP contribution in [0.5, 0.6) is 0 Å². The van der Waals surface area contributed by atoms with Crippen LogP contribution < -0.4 is 0 Å². The SMILES string of the molecule is CN(C(=O)CCc1ccc(Cl)c(Cl)c1)[C@@H]1CCCC[C@H]1O. The van der Waals surface area contributed by atoms with Crippen molar-refractivity contribution in [2.45, 2.75) is 50.7 Å². The zero-order chi connectivity index (χ0) is 15.4. The summed E-state index contributed by atoms with van der Waals surface area (Å²) in [6.07, 6.45) is 4.44. The molecule has 1 aliphatic carbocycles. The Morgan fingerprint density at radius 1 is 1.29 bits per heavy atom. The molecule has 0 spiro atoms. The predicted molar refractivity (Wildman–Crippen MR) is 85.8 cm³/mol. The van der Waals surface area contributed by atoms with E-state index in [0.29, 0.717) is 22.9 Å². The number of aryl methyl sites for hydroxylation is 1. The number of aliphatic hydroxyl groups is 1. The van der Waals surface area contributed by atoms with Crippen LogP contribution in [-0.2, 0) is 11.2 Å². The fourth-order valence-corrected chi connectivity index (χ4v) is 3.17. The summed E-state index contributed by atoms with van der Waals surface area (Å²) in [6, 6.07) is 5.39. The van der Waals surface area contributed by atoms with Gasteiger partial charge in [0.1, 0.15) is 0 Å². The first-order valence-electron chi connectivity index (χ1n) is 7.36. The van der Waals surface area contributed by atoms with Crippen LogP contribution in [0.1, 0.15) is 37.7 Å². The van der Waals surface area contributed by atoms with Gasteiger partial charge in [-0.15, -0.1) is 0 Å². The molecule has 1 N–H and O–H groups in total. The molecule has 0 aromatic heterocycles. The molecule has 1 fully saturated rings. The molecule has 116 valence electrons. The van der Waals surface area contributed by atoms with E-state index < -0.39 is 6.10 Å². The number of hydrogen-bond donors (Lipinski definition) is 1. The van der Waals surface area contributed by atoms with E-state index in [1.54, 1.807) is 24.1 Å². The Hall–Kier alpha value is -0.770. The Morgan fingerprint density at radius 3 is 2.67 bits per heavy atom. The van der Waals surface area contributed by atoms with Crippen LogP contribution in [0.15, 0.2) is 18.2 Å². The second-order valence-electron chi connectivity index (χ2n) is 5.67. The molecule has 1 amide bonds. The molecule has 0 bridgehead atoms. The minimum atomic E-state index is -0.391. The van der Waals surface area contributed by atoms with E-state index in [1.165, 1.54) is 0 Å². The van der Waals surface area contributed by atoms with E-state index in [-0.39, 0.29) is 11.9 Å². The normalized spacial score (nSPS) is 22.1. The average Bonchev–Trinajstić information content (AvgIpc) is 2.48. The lowest BCUT2D eigenvalue weighted by Crippen LogP contribution is -2.46. The highest BCUT2D eigenvalue weighted by atomic mass is 35.5. The molecule has 1 aliphatic rings. The van der Waals surface area contributed by atoms with Gasteiger partial charge in [-0.3, -0.25) is 4.79 Å². The summed E-state index contributed by atoms with van der Waals surface area (Å²) >= 11 is 11.8. The topological polar surface area (TPSA) is 40.5 Å². The van der Waals surface area contributed by atoms with Gasteiger partial charge in [0.25, 0.3) is 0 Å². The number of likely N-dealkylation sites (N-methyl/N-ethyl adjacent to an activating group) is 1. The van der Waals surface area contributed by atoms with Gasteiger partial charge in [0, 0.05) is 13.5 Å². The summed E-state index contributed by atoms with van der Waals surface area (Å²) in [7, 11) is 1.79. The number of aliphatic hydroxyl groups excluding tert-OH is 1. The summed E-state index contributed by atoms with van der Waals surface area (Å²) in [5, 5.41) is 11.0. The summed E-state index contributed by atoms with van der Waals surface area (Å²) in [6.45, 7) is 0. The van der Waals surface area contributed by atoms with E-state index in [1.807, 2.05) is 6.07 Å². The minimum Gasteiger partial charge on any atom is -0.391 e. The first-order valence-corrected chi connectivity index (χ1v) is 8.12. The number of benzene rings is 1. The van der Waals surface area contributed by atoms with Crippen molar-refractivity contribution in [2.75, 3.05) is 7.05 Å². The van der Waals surface area contributed by atoms with Gasteiger partial charge in [0.15, 0.2) is 0 Å². The van der Waals surface area contributed by atoms with Crippen molar-refractivity contribution < 1.29 is 9.90 Å². The molecular formula is C16H21Cl2NO2. The molecule has 0 saturated heterocycles. The Morgan fingerprint density at radius 2 is 2.00 bits per heavy atom. The van der Waals surface area contributed by atoms with Crippen LogP contribution in [0.3, 0.4) is 0 Å². The van der Waals surface area contributed by atoms with Crippen LogP contribution in [0.25, 0.3) is 0 Å². The van der Waals surface area contributed by atoms with Crippen molar-refractivity contribution in [1.82, 2.24) is 4.90 Å². The summed E-state index contributed by atoms with van der Waals surface area (Å²) in [5.41, 5.74) is 0.996. The largest absolute Gasteiger partial charge is 0.391 e. The van der Waals surface area contributed by atoms with Crippen LogP contribution in [0.4, 0.5) is 0 Å². The molecule has 2 atom stereocenters. The maximum Gasteiger partial charge on any atom is 0.222 e. The number of rotatable bonds is 4. The van der Waals surface area contributed by atoms with Gasteiger partial charge in [-0.2, -0.15) is 0 Å². The molecule has 5 heteroatoms. The molecule has 0 aliphatic heterocycles. The zero-order valence-corrected chi connectivity index (χ0v) is 13.7. The molecule has 0 unspecified atom stereocenters. The maximum absolute atomic E-state index is 12.3. The smallest absolute Gasteiger partial charge is 0.222 e. The summed E-state index contributed by atoms with van der Waals surface area (Å²) in [4.78, 5) is 14.0. The molecule has 0 heterocycles. The number of amides is 1. The van der Waals surface area contributed by atoms with Gasteiger partial charge in [0.2, 0.25) is 5.91 Å². The van der Waals surface area contributed by atoms with Gasteiger partial charge in [-0.05, 0) is 37.0 Å². The van der Waals surface area contributed by atoms with Gasteiger partial charge >= 0.3 is 0 Å². The predicted octanol–water partition coefficient (Wildman–Crippen LogP) is 3.69. The van der Waals surface area contributed by atoms with Crippen molar-refractivity contribution in [3.8, 4) is 0 Å². The summed E-state index contributed by atoms with van der Waals surface area (Å²) < 4.78 is 0. The van der Waals surface area contributed by atoms with Crippen molar-refractivity contribution in [2.24, 2.45) is 0 Å². The lowest BCUT2D eigenvalue weighted by molar-refractivity contribution is -0.135. The van der Waals surface area contributed by atoms with E-state index in [9.17, 15) is 9.90 Å². The van der Waals surface area contributed by atoms with E-state index in [2.05, 4.69) is 0 Å². The van der Waals surface area contributed by atoms with Crippen LogP contribution in [-0.4, -0.2) is 35.1 Å². The molecule has 21 heavy (non-hydrogen) atoms. The number of nitrogens with zero attached hydrogens (tertiary/aromatic N) is 1. The van der Waals surface area contributed by atoms with Crippen LogP contribution >= 0.6 is 23.2 Å². The third-order valence-electron chi connectivity index (χ3n) is 4.20. The Labute approximate surface area is 135 Å². The second-order valence-corrected chi connectivity index (χ2v) is 6.49. The molecule has 3 nitrogen and oxygen atoms in total. The van der Waals surface area contributed by atoms with Crippen molar-refractivity contribution in [3.63, 3.8) is 0 Å². The fraction of sp³-hybridized carbons (Fsp3) is 0.562. The molecule has 2 rings (SSSR count). The van der Waals surface area contributed by atoms with Gasteiger partial charge in [-0.1, -0.05) is 42.1 Å². The van der Waals surface area contributed by atoms with Crippen LogP contribution in [0, 0.1) is 0 Å². The van der Waals surface area contributed by atoms with Crippen molar-refractivity contribution >= 4 is 29.1 Å². The third kappa shape index (κ3) is 4.35. The quantitative estimate of drug-likeness (QED) is 0.915. The lowest BCUT2D eigenvalue weighted by atomic mass is 9.91. The molecule has 1 saturated carbocycles. The zero-order valence-electron chi connectivity index (χ0n) is 12.2. The molecular weight excluding hydrogens is 309 g/mol. The monoisotopic (exact) mass is 329 g/mol. The second kappa shape index (κ2) is 7.48. The maximum atomic E-state index is 12.3. The number of hydrogen-bond acceptors (Lipinski definition) is 2. The Balaban J connectivity index is 1.89.